The number of ether oxygens (including phenoxy) is 1. The molecule has 0 N–H and O–H groups in total. The number of aromatic nitrogens is 2. The molecule has 1 amide bonds. The van der Waals surface area contributed by atoms with Crippen LogP contribution >= 0.6 is 0 Å². The van der Waals surface area contributed by atoms with E-state index in [1.54, 1.807) is 9.58 Å². The van der Waals surface area contributed by atoms with E-state index < -0.39 is 10.0 Å². The third-order valence-corrected chi connectivity index (χ3v) is 5.17. The Balaban J connectivity index is 1.73. The van der Waals surface area contributed by atoms with Gasteiger partial charge in [0.05, 0.1) is 12.8 Å². The number of nitrogens with zero attached hydrogens (tertiary/aromatic N) is 4. The molecule has 0 aromatic carbocycles. The second-order valence-electron chi connectivity index (χ2n) is 5.30. The molecule has 8 nitrogen and oxygen atoms in total. The summed E-state index contributed by atoms with van der Waals surface area (Å²) in [7, 11) is -3.19. The lowest BCUT2D eigenvalue weighted by atomic mass is 10.2. The van der Waals surface area contributed by atoms with Gasteiger partial charge in [0.1, 0.15) is 6.61 Å². The second kappa shape index (κ2) is 4.99. The lowest BCUT2D eigenvalue weighted by molar-refractivity contribution is 0.0690. The molecule has 1 saturated heterocycles. The summed E-state index contributed by atoms with van der Waals surface area (Å²) in [5.74, 6) is 0.499. The van der Waals surface area contributed by atoms with Crippen molar-refractivity contribution in [1.82, 2.24) is 19.0 Å². The van der Waals surface area contributed by atoms with Crippen molar-refractivity contribution >= 4 is 15.9 Å². The summed E-state index contributed by atoms with van der Waals surface area (Å²) in [6.45, 7) is 4.49. The number of rotatable bonds is 2. The Labute approximate surface area is 123 Å². The van der Waals surface area contributed by atoms with Crippen LogP contribution in [0.3, 0.4) is 0 Å². The first-order chi connectivity index (χ1) is 9.88. The van der Waals surface area contributed by atoms with E-state index in [2.05, 4.69) is 5.10 Å². The van der Waals surface area contributed by atoms with E-state index >= 15 is 0 Å². The topological polar surface area (TPSA) is 84.7 Å². The van der Waals surface area contributed by atoms with Crippen molar-refractivity contribution in [3.8, 4) is 5.88 Å². The van der Waals surface area contributed by atoms with E-state index in [1.165, 1.54) is 10.6 Å². The quantitative estimate of drug-likeness (QED) is 0.721. The molecule has 0 saturated carbocycles. The van der Waals surface area contributed by atoms with Crippen LogP contribution in [0.4, 0.5) is 0 Å². The fraction of sp³-hybridized carbons (Fsp3) is 0.667. The van der Waals surface area contributed by atoms with Gasteiger partial charge in [0, 0.05) is 31.7 Å². The molecule has 0 atom stereocenters. The van der Waals surface area contributed by atoms with Crippen LogP contribution < -0.4 is 4.74 Å². The van der Waals surface area contributed by atoms with E-state index in [0.717, 1.165) is 5.56 Å². The number of hydrogen-bond donors (Lipinski definition) is 0. The van der Waals surface area contributed by atoms with Gasteiger partial charge in [-0.05, 0) is 6.92 Å². The van der Waals surface area contributed by atoms with E-state index in [9.17, 15) is 13.2 Å². The summed E-state index contributed by atoms with van der Waals surface area (Å²) in [5.41, 5.74) is 1.15. The van der Waals surface area contributed by atoms with Crippen LogP contribution in [0.15, 0.2) is 0 Å². The highest BCUT2D eigenvalue weighted by molar-refractivity contribution is 7.88. The fourth-order valence-corrected chi connectivity index (χ4v) is 3.50. The number of amides is 1. The first-order valence-electron chi connectivity index (χ1n) is 6.82. The third kappa shape index (κ3) is 2.51. The highest BCUT2D eigenvalue weighted by Gasteiger charge is 2.31. The van der Waals surface area contributed by atoms with E-state index in [1.807, 2.05) is 6.92 Å². The molecule has 21 heavy (non-hydrogen) atoms. The molecule has 0 aliphatic carbocycles. The zero-order valence-electron chi connectivity index (χ0n) is 12.1. The monoisotopic (exact) mass is 314 g/mol. The molecule has 1 aromatic rings. The van der Waals surface area contributed by atoms with Crippen LogP contribution in [-0.2, 0) is 16.6 Å². The maximum absolute atomic E-state index is 12.5. The van der Waals surface area contributed by atoms with Gasteiger partial charge in [0.15, 0.2) is 5.69 Å². The Hall–Kier alpha value is -1.61. The maximum atomic E-state index is 12.5. The minimum atomic E-state index is -3.19. The van der Waals surface area contributed by atoms with Gasteiger partial charge in [-0.3, -0.25) is 4.79 Å². The number of fused-ring (bicyclic) bond motifs is 1. The van der Waals surface area contributed by atoms with Gasteiger partial charge < -0.3 is 9.64 Å². The number of piperazine rings is 1. The van der Waals surface area contributed by atoms with Gasteiger partial charge in [-0.1, -0.05) is 0 Å². The van der Waals surface area contributed by atoms with Gasteiger partial charge in [0.25, 0.3) is 5.91 Å². The molecule has 9 heteroatoms. The first-order valence-corrected chi connectivity index (χ1v) is 8.67. The molecule has 3 rings (SSSR count). The minimum absolute atomic E-state index is 0.161. The number of carbonyl (C=O) groups excluding carboxylic acids is 1. The molecule has 0 unspecified atom stereocenters. The highest BCUT2D eigenvalue weighted by Crippen LogP contribution is 2.26. The van der Waals surface area contributed by atoms with Crippen molar-refractivity contribution in [3.63, 3.8) is 0 Å². The van der Waals surface area contributed by atoms with Crippen LogP contribution in [0.1, 0.15) is 16.1 Å². The van der Waals surface area contributed by atoms with Crippen molar-refractivity contribution < 1.29 is 17.9 Å². The summed E-state index contributed by atoms with van der Waals surface area (Å²) in [5, 5.41) is 4.30. The third-order valence-electron chi connectivity index (χ3n) is 3.87. The number of carbonyl (C=O) groups is 1. The molecule has 2 aliphatic heterocycles. The number of sulfonamides is 1. The van der Waals surface area contributed by atoms with Gasteiger partial charge >= 0.3 is 0 Å². The Bertz CT molecular complexity index is 674. The van der Waals surface area contributed by atoms with Crippen LogP contribution in [0, 0.1) is 6.92 Å². The second-order valence-corrected chi connectivity index (χ2v) is 7.29. The van der Waals surface area contributed by atoms with Crippen molar-refractivity contribution in [3.05, 3.63) is 11.3 Å². The van der Waals surface area contributed by atoms with E-state index in [0.29, 0.717) is 50.9 Å². The molecule has 116 valence electrons. The Morgan fingerprint density at radius 1 is 1.19 bits per heavy atom. The van der Waals surface area contributed by atoms with Crippen LogP contribution in [-0.4, -0.2) is 72.4 Å². The van der Waals surface area contributed by atoms with Gasteiger partial charge in [0.2, 0.25) is 15.9 Å². The number of hydrogen-bond acceptors (Lipinski definition) is 5. The molecule has 0 spiro atoms. The normalized spacial score (nSPS) is 19.4. The predicted octanol–water partition coefficient (Wildman–Crippen LogP) is -0.699. The van der Waals surface area contributed by atoms with Crippen molar-refractivity contribution in [2.45, 2.75) is 13.5 Å². The molecular formula is C12H18N4O4S. The first kappa shape index (κ1) is 14.3. The summed E-state index contributed by atoms with van der Waals surface area (Å²) in [6.07, 6.45) is 1.19. The average molecular weight is 314 g/mol. The van der Waals surface area contributed by atoms with Gasteiger partial charge in [-0.15, -0.1) is 0 Å². The van der Waals surface area contributed by atoms with E-state index in [4.69, 9.17) is 4.74 Å². The summed E-state index contributed by atoms with van der Waals surface area (Å²) >= 11 is 0. The molecule has 2 aliphatic rings. The van der Waals surface area contributed by atoms with Crippen LogP contribution in [0.5, 0.6) is 5.88 Å². The molecule has 0 radical (unpaired) electrons. The Kier molecular flexibility index (Phi) is 3.40. The average Bonchev–Trinajstić information content (AvgIpc) is 3.01. The van der Waals surface area contributed by atoms with Crippen LogP contribution in [0.2, 0.25) is 0 Å². The van der Waals surface area contributed by atoms with Crippen molar-refractivity contribution in [1.29, 1.82) is 0 Å². The zero-order chi connectivity index (χ0) is 15.2. The maximum Gasteiger partial charge on any atom is 0.274 e. The zero-order valence-corrected chi connectivity index (χ0v) is 12.9. The molecule has 3 heterocycles. The lowest BCUT2D eigenvalue weighted by Gasteiger charge is -2.32. The summed E-state index contributed by atoms with van der Waals surface area (Å²) < 4.78 is 31.5. The molecular weight excluding hydrogens is 296 g/mol. The lowest BCUT2D eigenvalue weighted by Crippen LogP contribution is -2.50. The SMILES string of the molecule is Cc1c(C(=O)N2CCN(S(C)(=O)=O)CC2)nn2c1OCC2. The van der Waals surface area contributed by atoms with Gasteiger partial charge in [-0.2, -0.15) is 9.40 Å². The van der Waals surface area contributed by atoms with Gasteiger partial charge in [-0.25, -0.2) is 13.1 Å². The smallest absolute Gasteiger partial charge is 0.274 e. The molecule has 0 bridgehead atoms. The Morgan fingerprint density at radius 2 is 1.86 bits per heavy atom. The summed E-state index contributed by atoms with van der Waals surface area (Å²) in [6, 6.07) is 0. The van der Waals surface area contributed by atoms with E-state index in [-0.39, 0.29) is 5.91 Å². The van der Waals surface area contributed by atoms with Crippen molar-refractivity contribution in [2.75, 3.05) is 39.0 Å². The molecule has 1 fully saturated rings. The highest BCUT2D eigenvalue weighted by atomic mass is 32.2. The fourth-order valence-electron chi connectivity index (χ4n) is 2.67. The Morgan fingerprint density at radius 3 is 2.43 bits per heavy atom. The largest absolute Gasteiger partial charge is 0.476 e. The predicted molar refractivity (Wildman–Crippen MR) is 74.8 cm³/mol. The minimum Gasteiger partial charge on any atom is -0.476 e. The van der Waals surface area contributed by atoms with Crippen LogP contribution in [0.25, 0.3) is 0 Å². The molecule has 1 aromatic heterocycles. The standard InChI is InChI=1S/C12H18N4O4S/c1-9-10(13-16-7-8-20-12(9)16)11(17)14-3-5-15(6-4-14)21(2,18)19/h3-8H2,1-2H3. The van der Waals surface area contributed by atoms with Crippen molar-refractivity contribution in [2.24, 2.45) is 0 Å². The summed E-state index contributed by atoms with van der Waals surface area (Å²) in [4.78, 5) is 14.2.